The zero-order valence-corrected chi connectivity index (χ0v) is 8.69. The van der Waals surface area contributed by atoms with E-state index < -0.39 is 0 Å². The zero-order chi connectivity index (χ0) is 7.28. The van der Waals surface area contributed by atoms with Gasteiger partial charge >= 0.3 is 0 Å². The van der Waals surface area contributed by atoms with Gasteiger partial charge in [-0.3, -0.25) is 0 Å². The lowest BCUT2D eigenvalue weighted by Crippen LogP contribution is -1.99. The first-order valence-electron chi connectivity index (χ1n) is 4.13. The Kier molecular flexibility index (Phi) is 5.64. The van der Waals surface area contributed by atoms with Crippen LogP contribution in [-0.2, 0) is 0 Å². The van der Waals surface area contributed by atoms with Crippen LogP contribution < -0.4 is 0 Å². The Labute approximate surface area is 67.2 Å². The fourth-order valence-corrected chi connectivity index (χ4v) is 2.80. The van der Waals surface area contributed by atoms with Crippen LogP contribution in [0.3, 0.4) is 0 Å². The highest BCUT2D eigenvalue weighted by Crippen LogP contribution is 2.05. The smallest absolute Gasteiger partial charge is 0.0950 e. The van der Waals surface area contributed by atoms with Crippen LogP contribution in [0.5, 0.6) is 0 Å². The highest BCUT2D eigenvalue weighted by Gasteiger charge is 1.99. The lowest BCUT2D eigenvalue weighted by atomic mass is 10.3. The molecule has 0 unspecified atom stereocenters. The predicted molar refractivity (Wildman–Crippen MR) is 48.6 cm³/mol. The summed E-state index contributed by atoms with van der Waals surface area (Å²) in [5.41, 5.74) is 0. The lowest BCUT2D eigenvalue weighted by molar-refractivity contribution is 0.700. The van der Waals surface area contributed by atoms with Gasteiger partial charge < -0.3 is 0 Å². The molecule has 9 heavy (non-hydrogen) atoms. The fourth-order valence-electron chi connectivity index (χ4n) is 0.934. The molecule has 0 aliphatic carbocycles. The van der Waals surface area contributed by atoms with Crippen molar-refractivity contribution < 1.29 is 1.43 Å². The van der Waals surface area contributed by atoms with Crippen LogP contribution in [0.2, 0.25) is 10.6 Å². The van der Waals surface area contributed by atoms with Crippen molar-refractivity contribution in [2.75, 3.05) is 0 Å². The average molecular weight is 144 g/mol. The average Bonchev–Trinajstić information content (AvgIpc) is 1.63. The number of rotatable bonds is 4. The molecule has 0 atom stereocenters. The minimum atomic E-state index is 0. The molecule has 0 N–H and O–H groups in total. The molecule has 56 valence electrons. The van der Waals surface area contributed by atoms with E-state index in [-0.39, 0.29) is 1.43 Å². The summed E-state index contributed by atoms with van der Waals surface area (Å²) in [7, 11) is 0. The third kappa shape index (κ3) is 8.53. The molecule has 0 aromatic heterocycles. The topological polar surface area (TPSA) is 0 Å². The molecule has 0 aromatic rings. The van der Waals surface area contributed by atoms with Crippen molar-refractivity contribution in [2.45, 2.75) is 38.3 Å². The van der Waals surface area contributed by atoms with Crippen molar-refractivity contribution in [3.8, 4) is 0 Å². The first kappa shape index (κ1) is 9.53. The van der Waals surface area contributed by atoms with Gasteiger partial charge in [-0.05, 0) is 0 Å². The van der Waals surface area contributed by atoms with Crippen molar-refractivity contribution in [3.05, 3.63) is 0 Å². The normalized spacial score (nSPS) is 10.9. The molecular formula is C8H21Al. The molecule has 0 fully saturated rings. The molecule has 0 spiro atoms. The summed E-state index contributed by atoms with van der Waals surface area (Å²) >= 11 is 0.316. The Morgan fingerprint density at radius 3 is 1.56 bits per heavy atom. The Morgan fingerprint density at radius 1 is 1.00 bits per heavy atom. The minimum Gasteiger partial charge on any atom is -0.0950 e. The van der Waals surface area contributed by atoms with Crippen LogP contribution in [0, 0.1) is 11.8 Å². The highest BCUT2D eigenvalue weighted by molar-refractivity contribution is 6.35. The van der Waals surface area contributed by atoms with Crippen LogP contribution in [0.25, 0.3) is 0 Å². The Hall–Kier alpha value is 0.532. The van der Waals surface area contributed by atoms with E-state index in [2.05, 4.69) is 27.7 Å². The maximum atomic E-state index is 2.33. The molecule has 0 saturated heterocycles. The fraction of sp³-hybridized carbons (Fsp3) is 1.00. The summed E-state index contributed by atoms with van der Waals surface area (Å²) < 4.78 is 0. The quantitative estimate of drug-likeness (QED) is 0.532. The van der Waals surface area contributed by atoms with E-state index in [0.29, 0.717) is 15.2 Å². The maximum absolute atomic E-state index is 2.33. The summed E-state index contributed by atoms with van der Waals surface area (Å²) in [4.78, 5) is 0. The first-order chi connectivity index (χ1) is 4.13. The van der Waals surface area contributed by atoms with Gasteiger partial charge in [0.15, 0.2) is 0 Å². The lowest BCUT2D eigenvalue weighted by Gasteiger charge is -2.03. The van der Waals surface area contributed by atoms with Crippen molar-refractivity contribution in [2.24, 2.45) is 11.8 Å². The predicted octanol–water partition coefficient (Wildman–Crippen LogP) is 2.82. The van der Waals surface area contributed by atoms with E-state index >= 15 is 0 Å². The van der Waals surface area contributed by atoms with E-state index in [1.165, 1.54) is 10.6 Å². The Morgan fingerprint density at radius 2 is 1.33 bits per heavy atom. The third-order valence-corrected chi connectivity index (χ3v) is 4.69. The summed E-state index contributed by atoms with van der Waals surface area (Å²) in [5.74, 6) is 1.91. The van der Waals surface area contributed by atoms with Crippen molar-refractivity contribution in [1.82, 2.24) is 0 Å². The Bertz CT molecular complexity index is 54.3. The van der Waals surface area contributed by atoms with E-state index in [0.717, 1.165) is 11.8 Å². The van der Waals surface area contributed by atoms with Crippen LogP contribution in [0.4, 0.5) is 0 Å². The van der Waals surface area contributed by atoms with Crippen LogP contribution in [0.15, 0.2) is 0 Å². The molecule has 0 amide bonds. The minimum absolute atomic E-state index is 0. The molecule has 0 saturated carbocycles. The molecule has 0 rings (SSSR count). The second-order valence-corrected chi connectivity index (χ2v) is 5.58. The van der Waals surface area contributed by atoms with Gasteiger partial charge in [-0.1, -0.05) is 50.1 Å². The van der Waals surface area contributed by atoms with E-state index in [9.17, 15) is 0 Å². The van der Waals surface area contributed by atoms with Gasteiger partial charge in [0.25, 0.3) is 0 Å². The summed E-state index contributed by atoms with van der Waals surface area (Å²) in [6.07, 6.45) is 0. The summed E-state index contributed by atoms with van der Waals surface area (Å²) in [6, 6.07) is 0. The van der Waals surface area contributed by atoms with Crippen LogP contribution in [0.1, 0.15) is 29.1 Å². The molecule has 0 aliphatic heterocycles. The van der Waals surface area contributed by atoms with Gasteiger partial charge in [-0.25, -0.2) is 0 Å². The second-order valence-electron chi connectivity index (χ2n) is 3.72. The van der Waals surface area contributed by atoms with Crippen molar-refractivity contribution >= 4 is 15.2 Å². The van der Waals surface area contributed by atoms with Gasteiger partial charge in [-0.15, -0.1) is 0 Å². The Balaban J connectivity index is 0. The van der Waals surface area contributed by atoms with Gasteiger partial charge in [0.05, 0.1) is 0 Å². The number of hydrogen-bond donors (Lipinski definition) is 0. The summed E-state index contributed by atoms with van der Waals surface area (Å²) in [6.45, 7) is 9.31. The molecule has 0 bridgehead atoms. The molecule has 0 nitrogen and oxygen atoms in total. The third-order valence-electron chi connectivity index (χ3n) is 1.56. The standard InChI is InChI=1S/2C4H9.Al.H2.H/c2*1-4(2)3;;;/h2*4H,1H2,2-3H3;;1H;. The van der Waals surface area contributed by atoms with Crippen molar-refractivity contribution in [3.63, 3.8) is 0 Å². The molecule has 0 heterocycles. The van der Waals surface area contributed by atoms with Gasteiger partial charge in [0, 0.05) is 1.43 Å². The first-order valence-corrected chi connectivity index (χ1v) is 6.13. The second kappa shape index (κ2) is 5.33. The molecule has 0 aromatic carbocycles. The molecular weight excluding hydrogens is 123 g/mol. The van der Waals surface area contributed by atoms with Gasteiger partial charge in [0.1, 0.15) is 0 Å². The van der Waals surface area contributed by atoms with Gasteiger partial charge in [0.2, 0.25) is 15.2 Å². The van der Waals surface area contributed by atoms with Crippen LogP contribution >= 0.6 is 0 Å². The molecule has 0 radical (unpaired) electrons. The van der Waals surface area contributed by atoms with E-state index in [1.807, 2.05) is 0 Å². The molecule has 1 heteroatoms. The van der Waals surface area contributed by atoms with E-state index in [1.54, 1.807) is 0 Å². The van der Waals surface area contributed by atoms with Gasteiger partial charge in [-0.2, -0.15) is 0 Å². The monoisotopic (exact) mass is 144 g/mol. The maximum Gasteiger partial charge on any atom is 0.237 e. The van der Waals surface area contributed by atoms with E-state index in [4.69, 9.17) is 0 Å². The number of hydrogen-bond acceptors (Lipinski definition) is 0. The largest absolute Gasteiger partial charge is 0.237 e. The zero-order valence-electron chi connectivity index (χ0n) is 7.28. The summed E-state index contributed by atoms with van der Waals surface area (Å²) in [5, 5.41) is 3.08. The SMILES string of the molecule is CC(C)[CH2][AlH][CH2]C(C)C.[HH]. The molecule has 0 aliphatic rings. The van der Waals surface area contributed by atoms with Crippen molar-refractivity contribution in [1.29, 1.82) is 0 Å². The highest BCUT2D eigenvalue weighted by atomic mass is 27.1. The van der Waals surface area contributed by atoms with Crippen LogP contribution in [-0.4, -0.2) is 15.2 Å².